The SMILES string of the molecule is CCOC(=O)[C@H](CC(C)C)N(Cc1ccccn1)S(=O)(=O)c1ccccc1. The molecule has 0 saturated carbocycles. The molecule has 1 heterocycles. The number of nitrogens with zero attached hydrogens (tertiary/aromatic N) is 2. The molecule has 0 saturated heterocycles. The van der Waals surface area contributed by atoms with Crippen molar-refractivity contribution in [1.82, 2.24) is 9.29 Å². The van der Waals surface area contributed by atoms with Crippen LogP contribution in [0.4, 0.5) is 0 Å². The minimum Gasteiger partial charge on any atom is -0.465 e. The molecule has 2 aromatic rings. The number of benzene rings is 1. The summed E-state index contributed by atoms with van der Waals surface area (Å²) in [4.78, 5) is 17.0. The summed E-state index contributed by atoms with van der Waals surface area (Å²) >= 11 is 0. The minimum absolute atomic E-state index is 0.00569. The maximum Gasteiger partial charge on any atom is 0.324 e. The van der Waals surface area contributed by atoms with Crippen molar-refractivity contribution in [2.45, 2.75) is 44.7 Å². The van der Waals surface area contributed by atoms with Crippen molar-refractivity contribution >= 4 is 16.0 Å². The van der Waals surface area contributed by atoms with Crippen molar-refractivity contribution in [2.75, 3.05) is 6.61 Å². The van der Waals surface area contributed by atoms with Crippen LogP contribution in [0.25, 0.3) is 0 Å². The molecule has 7 heteroatoms. The molecule has 0 radical (unpaired) electrons. The second kappa shape index (κ2) is 9.62. The third kappa shape index (κ3) is 5.61. The van der Waals surface area contributed by atoms with Gasteiger partial charge in [0.25, 0.3) is 0 Å². The maximum atomic E-state index is 13.4. The molecule has 146 valence electrons. The normalized spacial score (nSPS) is 12.9. The van der Waals surface area contributed by atoms with Crippen LogP contribution in [0, 0.1) is 5.92 Å². The summed E-state index contributed by atoms with van der Waals surface area (Å²) < 4.78 is 33.1. The molecule has 0 aliphatic rings. The lowest BCUT2D eigenvalue weighted by molar-refractivity contribution is -0.148. The summed E-state index contributed by atoms with van der Waals surface area (Å²) in [5.41, 5.74) is 0.565. The fourth-order valence-electron chi connectivity index (χ4n) is 2.76. The molecule has 2 rings (SSSR count). The van der Waals surface area contributed by atoms with Crippen LogP contribution in [0.5, 0.6) is 0 Å². The van der Waals surface area contributed by atoms with Gasteiger partial charge in [-0.05, 0) is 43.5 Å². The number of rotatable bonds is 9. The molecule has 27 heavy (non-hydrogen) atoms. The van der Waals surface area contributed by atoms with Crippen LogP contribution < -0.4 is 0 Å². The van der Waals surface area contributed by atoms with Crippen LogP contribution in [-0.4, -0.2) is 36.3 Å². The molecule has 0 aliphatic carbocycles. The smallest absolute Gasteiger partial charge is 0.324 e. The van der Waals surface area contributed by atoms with E-state index in [1.54, 1.807) is 49.5 Å². The monoisotopic (exact) mass is 390 g/mol. The first-order valence-electron chi connectivity index (χ1n) is 8.99. The van der Waals surface area contributed by atoms with Crippen molar-refractivity contribution in [1.29, 1.82) is 0 Å². The first kappa shape index (κ1) is 21.1. The van der Waals surface area contributed by atoms with E-state index in [2.05, 4.69) is 4.98 Å². The van der Waals surface area contributed by atoms with Crippen LogP contribution >= 0.6 is 0 Å². The highest BCUT2D eigenvalue weighted by molar-refractivity contribution is 7.89. The number of sulfonamides is 1. The quantitative estimate of drug-likeness (QED) is 0.614. The van der Waals surface area contributed by atoms with Crippen molar-refractivity contribution in [3.8, 4) is 0 Å². The van der Waals surface area contributed by atoms with Crippen LogP contribution in [0.15, 0.2) is 59.6 Å². The molecule has 0 spiro atoms. The number of pyridine rings is 1. The maximum absolute atomic E-state index is 13.4. The van der Waals surface area contributed by atoms with Gasteiger partial charge in [-0.15, -0.1) is 0 Å². The molecule has 0 bridgehead atoms. The number of ether oxygens (including phenoxy) is 1. The first-order chi connectivity index (χ1) is 12.9. The minimum atomic E-state index is -3.91. The third-order valence-corrected chi connectivity index (χ3v) is 5.86. The molecule has 1 atom stereocenters. The fourth-order valence-corrected chi connectivity index (χ4v) is 4.34. The molecule has 0 N–H and O–H groups in total. The molecular weight excluding hydrogens is 364 g/mol. The zero-order valence-corrected chi connectivity index (χ0v) is 16.7. The highest BCUT2D eigenvalue weighted by Crippen LogP contribution is 2.24. The van der Waals surface area contributed by atoms with E-state index in [0.29, 0.717) is 12.1 Å². The van der Waals surface area contributed by atoms with Crippen LogP contribution in [0.1, 0.15) is 32.9 Å². The van der Waals surface area contributed by atoms with Gasteiger partial charge in [0.15, 0.2) is 0 Å². The highest BCUT2D eigenvalue weighted by Gasteiger charge is 2.37. The highest BCUT2D eigenvalue weighted by atomic mass is 32.2. The van der Waals surface area contributed by atoms with Crippen molar-refractivity contribution in [3.63, 3.8) is 0 Å². The van der Waals surface area contributed by atoms with Gasteiger partial charge < -0.3 is 4.74 Å². The Morgan fingerprint density at radius 2 is 1.78 bits per heavy atom. The lowest BCUT2D eigenvalue weighted by atomic mass is 10.0. The zero-order valence-electron chi connectivity index (χ0n) is 15.9. The Kier molecular flexibility index (Phi) is 7.50. The van der Waals surface area contributed by atoms with E-state index < -0.39 is 22.0 Å². The largest absolute Gasteiger partial charge is 0.465 e. The zero-order chi connectivity index (χ0) is 19.9. The standard InChI is InChI=1S/C20H26N2O4S/c1-4-26-20(23)19(14-16(2)3)22(15-17-10-8-9-13-21-17)27(24,25)18-11-6-5-7-12-18/h5-13,16,19H,4,14-15H2,1-3H3/t19-/m0/s1. The summed E-state index contributed by atoms with van der Waals surface area (Å²) in [5.74, 6) is -0.432. The lowest BCUT2D eigenvalue weighted by Gasteiger charge is -2.30. The van der Waals surface area contributed by atoms with Crippen LogP contribution in [0.2, 0.25) is 0 Å². The average molecular weight is 391 g/mol. The summed E-state index contributed by atoms with van der Waals surface area (Å²) in [5, 5.41) is 0. The van der Waals surface area contributed by atoms with Gasteiger partial charge in [-0.3, -0.25) is 9.78 Å². The summed E-state index contributed by atoms with van der Waals surface area (Å²) in [6.45, 7) is 5.78. The Bertz CT molecular complexity index is 824. The summed E-state index contributed by atoms with van der Waals surface area (Å²) in [7, 11) is -3.91. The number of esters is 1. The van der Waals surface area contributed by atoms with Gasteiger partial charge >= 0.3 is 5.97 Å². The van der Waals surface area contributed by atoms with Crippen molar-refractivity contribution in [3.05, 3.63) is 60.4 Å². The predicted octanol–water partition coefficient (Wildman–Crippen LogP) is 3.25. The van der Waals surface area contributed by atoms with Crippen molar-refractivity contribution in [2.24, 2.45) is 5.92 Å². The Balaban J connectivity index is 2.51. The second-order valence-corrected chi connectivity index (χ2v) is 8.47. The molecule has 6 nitrogen and oxygen atoms in total. The average Bonchev–Trinajstić information content (AvgIpc) is 2.66. The van der Waals surface area contributed by atoms with E-state index in [1.165, 1.54) is 16.4 Å². The van der Waals surface area contributed by atoms with Crippen molar-refractivity contribution < 1.29 is 17.9 Å². The number of hydrogen-bond donors (Lipinski definition) is 0. The Labute approximate surface area is 161 Å². The molecule has 1 aromatic carbocycles. The number of carbonyl (C=O) groups is 1. The molecule has 0 unspecified atom stereocenters. The summed E-state index contributed by atoms with van der Waals surface area (Å²) in [6, 6.07) is 12.5. The third-order valence-electron chi connectivity index (χ3n) is 3.99. The van der Waals surface area contributed by atoms with Crippen LogP contribution in [-0.2, 0) is 26.1 Å². The number of hydrogen-bond acceptors (Lipinski definition) is 5. The Morgan fingerprint density at radius 3 is 2.33 bits per heavy atom. The number of carbonyl (C=O) groups excluding carboxylic acids is 1. The van der Waals surface area contributed by atoms with E-state index in [9.17, 15) is 13.2 Å². The number of aromatic nitrogens is 1. The lowest BCUT2D eigenvalue weighted by Crippen LogP contribution is -2.46. The molecule has 1 aromatic heterocycles. The van der Waals surface area contributed by atoms with Gasteiger partial charge in [-0.1, -0.05) is 38.1 Å². The Morgan fingerprint density at radius 1 is 1.11 bits per heavy atom. The molecule has 0 fully saturated rings. The van der Waals surface area contributed by atoms with E-state index in [4.69, 9.17) is 4.74 Å². The molecular formula is C20H26N2O4S. The second-order valence-electron chi connectivity index (χ2n) is 6.58. The fraction of sp³-hybridized carbons (Fsp3) is 0.400. The van der Waals surface area contributed by atoms with Gasteiger partial charge in [-0.25, -0.2) is 8.42 Å². The predicted molar refractivity (Wildman–Crippen MR) is 103 cm³/mol. The van der Waals surface area contributed by atoms with E-state index in [1.807, 2.05) is 13.8 Å². The van der Waals surface area contributed by atoms with Gasteiger partial charge in [-0.2, -0.15) is 4.31 Å². The van der Waals surface area contributed by atoms with Gasteiger partial charge in [0.05, 0.1) is 23.7 Å². The topological polar surface area (TPSA) is 76.6 Å². The Hall–Kier alpha value is -2.25. The van der Waals surface area contributed by atoms with Gasteiger partial charge in [0.2, 0.25) is 10.0 Å². The van der Waals surface area contributed by atoms with E-state index in [-0.39, 0.29) is 24.0 Å². The van der Waals surface area contributed by atoms with E-state index >= 15 is 0 Å². The van der Waals surface area contributed by atoms with E-state index in [0.717, 1.165) is 0 Å². The molecule has 0 amide bonds. The first-order valence-corrected chi connectivity index (χ1v) is 10.4. The van der Waals surface area contributed by atoms with Gasteiger partial charge in [0.1, 0.15) is 6.04 Å². The van der Waals surface area contributed by atoms with Gasteiger partial charge in [0, 0.05) is 6.20 Å². The molecule has 0 aliphatic heterocycles. The summed E-state index contributed by atoms with van der Waals surface area (Å²) in [6.07, 6.45) is 1.96. The van der Waals surface area contributed by atoms with Crippen LogP contribution in [0.3, 0.4) is 0 Å².